The van der Waals surface area contributed by atoms with Crippen molar-refractivity contribution in [2.75, 3.05) is 20.3 Å². The molecule has 0 bridgehead atoms. The normalized spacial score (nSPS) is 20.0. The molecule has 1 aromatic heterocycles. The average molecular weight is 279 g/mol. The smallest absolute Gasteiger partial charge is 0.233 e. The van der Waals surface area contributed by atoms with Crippen LogP contribution < -0.4 is 10.1 Å². The lowest BCUT2D eigenvalue weighted by Crippen LogP contribution is -2.22. The predicted octanol–water partition coefficient (Wildman–Crippen LogP) is 2.49. The minimum absolute atomic E-state index is 0.264. The Labute approximate surface area is 121 Å². The second kappa shape index (κ2) is 8.17. The first-order chi connectivity index (χ1) is 9.83. The maximum absolute atomic E-state index is 5.67. The Morgan fingerprint density at radius 2 is 2.35 bits per heavy atom. The van der Waals surface area contributed by atoms with Gasteiger partial charge in [-0.1, -0.05) is 6.92 Å². The number of nitrogens with zero attached hydrogens (tertiary/aromatic N) is 2. The fourth-order valence-electron chi connectivity index (χ4n) is 2.65. The van der Waals surface area contributed by atoms with Gasteiger partial charge in [-0.15, -0.1) is 5.10 Å². The van der Waals surface area contributed by atoms with E-state index < -0.39 is 0 Å². The molecule has 2 unspecified atom stereocenters. The molecule has 1 aromatic rings. The van der Waals surface area contributed by atoms with Crippen molar-refractivity contribution in [1.82, 2.24) is 15.5 Å². The molecule has 0 radical (unpaired) electrons. The van der Waals surface area contributed by atoms with Crippen molar-refractivity contribution >= 4 is 0 Å². The Balaban J connectivity index is 1.84. The maximum Gasteiger partial charge on any atom is 0.233 e. The number of rotatable bonds is 8. The van der Waals surface area contributed by atoms with Gasteiger partial charge in [0.25, 0.3) is 0 Å². The number of ether oxygens (including phenoxy) is 2. The van der Waals surface area contributed by atoms with Gasteiger partial charge >= 0.3 is 0 Å². The minimum atomic E-state index is 0.264. The van der Waals surface area contributed by atoms with Crippen LogP contribution in [0.25, 0.3) is 0 Å². The quantitative estimate of drug-likeness (QED) is 0.792. The molecule has 0 aromatic carbocycles. The molecule has 1 N–H and O–H groups in total. The lowest BCUT2D eigenvalue weighted by Gasteiger charge is -2.18. The highest BCUT2D eigenvalue weighted by Gasteiger charge is 2.17. The van der Waals surface area contributed by atoms with Gasteiger partial charge in [-0.3, -0.25) is 0 Å². The summed E-state index contributed by atoms with van der Waals surface area (Å²) in [7, 11) is 1.60. The highest BCUT2D eigenvalue weighted by Crippen LogP contribution is 2.22. The first-order valence-corrected chi connectivity index (χ1v) is 7.56. The minimum Gasteiger partial charge on any atom is -0.480 e. The van der Waals surface area contributed by atoms with Crippen molar-refractivity contribution in [3.05, 3.63) is 17.8 Å². The van der Waals surface area contributed by atoms with Crippen LogP contribution in [0.2, 0.25) is 0 Å². The summed E-state index contributed by atoms with van der Waals surface area (Å²) in [5.41, 5.74) is 0.986. The zero-order valence-corrected chi connectivity index (χ0v) is 12.5. The molecule has 0 aliphatic carbocycles. The third-order valence-electron chi connectivity index (χ3n) is 3.72. The molecule has 0 amide bonds. The topological polar surface area (TPSA) is 56.3 Å². The van der Waals surface area contributed by atoms with E-state index in [-0.39, 0.29) is 6.04 Å². The molecular formula is C15H25N3O2. The standard InChI is InChI=1S/C15H25N3O2/c1-3-16-13(8-4-6-12-7-5-11-20-12)14-9-10-15(19-2)18-17-14/h9-10,12-13,16H,3-8,11H2,1-2H3. The maximum atomic E-state index is 5.67. The zero-order chi connectivity index (χ0) is 14.2. The van der Waals surface area contributed by atoms with Crippen LogP contribution in [0.4, 0.5) is 0 Å². The Kier molecular flexibility index (Phi) is 6.21. The lowest BCUT2D eigenvalue weighted by molar-refractivity contribution is 0.101. The zero-order valence-electron chi connectivity index (χ0n) is 12.5. The Bertz CT molecular complexity index is 377. The summed E-state index contributed by atoms with van der Waals surface area (Å²) in [6, 6.07) is 4.12. The van der Waals surface area contributed by atoms with E-state index in [0.717, 1.165) is 38.1 Å². The molecular weight excluding hydrogens is 254 g/mol. The molecule has 1 saturated heterocycles. The van der Waals surface area contributed by atoms with Crippen LogP contribution in [0.3, 0.4) is 0 Å². The molecule has 1 aliphatic rings. The molecule has 5 nitrogen and oxygen atoms in total. The number of nitrogens with one attached hydrogen (secondary N) is 1. The van der Waals surface area contributed by atoms with Crippen LogP contribution in [0.5, 0.6) is 5.88 Å². The fraction of sp³-hybridized carbons (Fsp3) is 0.733. The molecule has 1 aliphatic heterocycles. The monoisotopic (exact) mass is 279 g/mol. The first-order valence-electron chi connectivity index (χ1n) is 7.56. The van der Waals surface area contributed by atoms with Crippen molar-refractivity contribution < 1.29 is 9.47 Å². The van der Waals surface area contributed by atoms with E-state index in [1.54, 1.807) is 7.11 Å². The molecule has 2 heterocycles. The first kappa shape index (κ1) is 15.2. The van der Waals surface area contributed by atoms with Gasteiger partial charge in [-0.05, 0) is 44.7 Å². The molecule has 2 atom stereocenters. The largest absolute Gasteiger partial charge is 0.480 e. The van der Waals surface area contributed by atoms with Crippen molar-refractivity contribution in [2.45, 2.75) is 51.2 Å². The summed E-state index contributed by atoms with van der Waals surface area (Å²) in [4.78, 5) is 0. The number of aromatic nitrogens is 2. The molecule has 0 saturated carbocycles. The third kappa shape index (κ3) is 4.42. The summed E-state index contributed by atoms with van der Waals surface area (Å²) < 4.78 is 10.7. The van der Waals surface area contributed by atoms with Gasteiger partial charge in [-0.2, -0.15) is 5.10 Å². The molecule has 0 spiro atoms. The van der Waals surface area contributed by atoms with Crippen LogP contribution in [0.15, 0.2) is 12.1 Å². The Hall–Kier alpha value is -1.20. The van der Waals surface area contributed by atoms with E-state index in [2.05, 4.69) is 22.4 Å². The Morgan fingerprint density at radius 3 is 2.95 bits per heavy atom. The number of hydrogen-bond donors (Lipinski definition) is 1. The fourth-order valence-corrected chi connectivity index (χ4v) is 2.65. The summed E-state index contributed by atoms with van der Waals surface area (Å²) >= 11 is 0. The average Bonchev–Trinajstić information content (AvgIpc) is 3.00. The van der Waals surface area contributed by atoms with Gasteiger partial charge in [0.2, 0.25) is 5.88 Å². The van der Waals surface area contributed by atoms with Crippen molar-refractivity contribution in [3.8, 4) is 5.88 Å². The van der Waals surface area contributed by atoms with Crippen LogP contribution in [0.1, 0.15) is 50.8 Å². The number of hydrogen-bond acceptors (Lipinski definition) is 5. The van der Waals surface area contributed by atoms with Crippen LogP contribution in [-0.2, 0) is 4.74 Å². The second-order valence-corrected chi connectivity index (χ2v) is 5.18. The highest BCUT2D eigenvalue weighted by atomic mass is 16.5. The van der Waals surface area contributed by atoms with Crippen molar-refractivity contribution in [1.29, 1.82) is 0 Å². The van der Waals surface area contributed by atoms with Gasteiger partial charge < -0.3 is 14.8 Å². The van der Waals surface area contributed by atoms with E-state index in [9.17, 15) is 0 Å². The van der Waals surface area contributed by atoms with E-state index in [1.807, 2.05) is 12.1 Å². The SMILES string of the molecule is CCNC(CCCC1CCCO1)c1ccc(OC)nn1. The molecule has 20 heavy (non-hydrogen) atoms. The summed E-state index contributed by atoms with van der Waals surface area (Å²) in [5, 5.41) is 11.8. The van der Waals surface area contributed by atoms with Crippen LogP contribution >= 0.6 is 0 Å². The van der Waals surface area contributed by atoms with Gasteiger partial charge in [0, 0.05) is 12.7 Å². The summed E-state index contributed by atoms with van der Waals surface area (Å²) in [5.74, 6) is 0.559. The van der Waals surface area contributed by atoms with E-state index in [1.165, 1.54) is 12.8 Å². The van der Waals surface area contributed by atoms with Gasteiger partial charge in [0.15, 0.2) is 0 Å². The molecule has 112 valence electrons. The van der Waals surface area contributed by atoms with Gasteiger partial charge in [0.1, 0.15) is 0 Å². The van der Waals surface area contributed by atoms with E-state index in [4.69, 9.17) is 9.47 Å². The van der Waals surface area contributed by atoms with E-state index >= 15 is 0 Å². The third-order valence-corrected chi connectivity index (χ3v) is 3.72. The van der Waals surface area contributed by atoms with Crippen LogP contribution in [0, 0.1) is 0 Å². The molecule has 1 fully saturated rings. The van der Waals surface area contributed by atoms with Crippen molar-refractivity contribution in [3.63, 3.8) is 0 Å². The van der Waals surface area contributed by atoms with Gasteiger partial charge in [0.05, 0.1) is 24.9 Å². The van der Waals surface area contributed by atoms with Crippen molar-refractivity contribution in [2.24, 2.45) is 0 Å². The number of methoxy groups -OCH3 is 1. The Morgan fingerprint density at radius 1 is 1.45 bits per heavy atom. The summed E-state index contributed by atoms with van der Waals surface area (Å²) in [6.45, 7) is 3.98. The lowest BCUT2D eigenvalue weighted by atomic mass is 10.0. The van der Waals surface area contributed by atoms with Gasteiger partial charge in [-0.25, -0.2) is 0 Å². The van der Waals surface area contributed by atoms with E-state index in [0.29, 0.717) is 12.0 Å². The second-order valence-electron chi connectivity index (χ2n) is 5.18. The summed E-state index contributed by atoms with van der Waals surface area (Å²) in [6.07, 6.45) is 6.26. The molecule has 2 rings (SSSR count). The predicted molar refractivity (Wildman–Crippen MR) is 77.8 cm³/mol. The highest BCUT2D eigenvalue weighted by molar-refractivity contribution is 5.14. The molecule has 5 heteroatoms. The van der Waals surface area contributed by atoms with Crippen LogP contribution in [-0.4, -0.2) is 36.6 Å².